The second-order valence-corrected chi connectivity index (χ2v) is 15.9. The van der Waals surface area contributed by atoms with Crippen LogP contribution in [0.3, 0.4) is 0 Å². The summed E-state index contributed by atoms with van der Waals surface area (Å²) in [6.45, 7) is 4.71. The maximum atomic E-state index is 2.55. The van der Waals surface area contributed by atoms with Crippen LogP contribution in [0.5, 0.6) is 0 Å². The predicted molar refractivity (Wildman–Crippen MR) is 224 cm³/mol. The standard InChI is InChI=1S/C53H46/c1-34(2)39-23-12-13-27-44(39)49-43(37-16-4-3-5-17-37)32-33-48-50(47-31-30-38-20-8-11-26-42(38)47)51(45-28-14-21-35-18-6-9-24-40(35)45)52(53(48)49)46-29-15-22-36-19-7-10-25-41(36)46/h3-13,15-20,22-27,29,32-34,45,47,50H,14,21,28,30-31H2,1-2H3. The van der Waals surface area contributed by atoms with E-state index >= 15 is 0 Å². The second-order valence-electron chi connectivity index (χ2n) is 15.9. The van der Waals surface area contributed by atoms with Gasteiger partial charge >= 0.3 is 0 Å². The van der Waals surface area contributed by atoms with Gasteiger partial charge in [0.05, 0.1) is 0 Å². The average molecular weight is 683 g/mol. The van der Waals surface area contributed by atoms with E-state index in [1.165, 1.54) is 97.7 Å². The molecule has 258 valence electrons. The van der Waals surface area contributed by atoms with Crippen LogP contribution in [0.1, 0.15) is 101 Å². The molecule has 3 aliphatic carbocycles. The summed E-state index contributed by atoms with van der Waals surface area (Å²) in [5.41, 5.74) is 20.4. The Kier molecular flexibility index (Phi) is 8.02. The smallest absolute Gasteiger partial charge is 0.0139 e. The summed E-state index contributed by atoms with van der Waals surface area (Å²) in [5.74, 6) is 1.46. The lowest BCUT2D eigenvalue weighted by Crippen LogP contribution is -2.19. The largest absolute Gasteiger partial charge is 0.0622 e. The van der Waals surface area contributed by atoms with Crippen LogP contribution >= 0.6 is 0 Å². The zero-order chi connectivity index (χ0) is 35.5. The third-order valence-electron chi connectivity index (χ3n) is 12.8. The molecule has 0 radical (unpaired) electrons. The number of allylic oxidation sites excluding steroid dienone is 1. The molecule has 53 heavy (non-hydrogen) atoms. The molecule has 10 rings (SSSR count). The first-order valence-corrected chi connectivity index (χ1v) is 19.9. The SMILES string of the molecule is CC(C)c1ccccc1-c1c(-c2ccccc2)ccc2c1C(c1cccc3ccccc13)=C(C1CCCc3ccccc31)C2C1CCc2ccccc21. The highest BCUT2D eigenvalue weighted by Gasteiger charge is 2.45. The molecule has 0 aliphatic heterocycles. The van der Waals surface area contributed by atoms with Crippen LogP contribution in [0.25, 0.3) is 38.6 Å². The van der Waals surface area contributed by atoms with Gasteiger partial charge in [-0.2, -0.15) is 0 Å². The van der Waals surface area contributed by atoms with E-state index in [2.05, 4.69) is 172 Å². The van der Waals surface area contributed by atoms with Gasteiger partial charge in [-0.15, -0.1) is 0 Å². The number of aryl methyl sites for hydroxylation is 2. The zero-order valence-electron chi connectivity index (χ0n) is 30.9. The van der Waals surface area contributed by atoms with E-state index in [9.17, 15) is 0 Å². The summed E-state index contributed by atoms with van der Waals surface area (Å²) in [6.07, 6.45) is 5.90. The lowest BCUT2D eigenvalue weighted by atomic mass is 9.69. The third-order valence-corrected chi connectivity index (χ3v) is 12.8. The van der Waals surface area contributed by atoms with E-state index in [-0.39, 0.29) is 5.92 Å². The van der Waals surface area contributed by atoms with E-state index in [1.807, 2.05) is 0 Å². The average Bonchev–Trinajstić information content (AvgIpc) is 3.79. The Balaban J connectivity index is 1.39. The maximum absolute atomic E-state index is 2.55. The van der Waals surface area contributed by atoms with Gasteiger partial charge < -0.3 is 0 Å². The van der Waals surface area contributed by atoms with Crippen LogP contribution < -0.4 is 0 Å². The van der Waals surface area contributed by atoms with Crippen molar-refractivity contribution in [2.75, 3.05) is 0 Å². The van der Waals surface area contributed by atoms with Gasteiger partial charge in [0.1, 0.15) is 0 Å². The molecule has 3 atom stereocenters. The molecule has 3 aliphatic rings. The fraction of sp³-hybridized carbons (Fsp3) is 0.208. The Bertz CT molecular complexity index is 2520. The lowest BCUT2D eigenvalue weighted by molar-refractivity contribution is 0.527. The van der Waals surface area contributed by atoms with E-state index in [0.29, 0.717) is 17.8 Å². The van der Waals surface area contributed by atoms with Gasteiger partial charge in [-0.25, -0.2) is 0 Å². The van der Waals surface area contributed by atoms with E-state index in [1.54, 1.807) is 16.7 Å². The van der Waals surface area contributed by atoms with Crippen LogP contribution in [0.2, 0.25) is 0 Å². The van der Waals surface area contributed by atoms with Crippen LogP contribution in [0, 0.1) is 0 Å². The van der Waals surface area contributed by atoms with Crippen molar-refractivity contribution in [2.24, 2.45) is 0 Å². The second kappa shape index (κ2) is 13.2. The Morgan fingerprint density at radius 1 is 0.491 bits per heavy atom. The topological polar surface area (TPSA) is 0 Å². The summed E-state index contributed by atoms with van der Waals surface area (Å²) >= 11 is 0. The Hall–Kier alpha value is -5.46. The van der Waals surface area contributed by atoms with Crippen molar-refractivity contribution < 1.29 is 0 Å². The van der Waals surface area contributed by atoms with Crippen LogP contribution in [-0.4, -0.2) is 0 Å². The normalized spacial score (nSPS) is 19.0. The Labute approximate surface area is 314 Å². The van der Waals surface area contributed by atoms with Gasteiger partial charge in [0.15, 0.2) is 0 Å². The van der Waals surface area contributed by atoms with Gasteiger partial charge in [0.2, 0.25) is 0 Å². The van der Waals surface area contributed by atoms with Crippen molar-refractivity contribution in [1.82, 2.24) is 0 Å². The molecule has 0 heterocycles. The van der Waals surface area contributed by atoms with Crippen molar-refractivity contribution in [3.63, 3.8) is 0 Å². The molecular weight excluding hydrogens is 637 g/mol. The summed E-state index contributed by atoms with van der Waals surface area (Å²) < 4.78 is 0. The highest BCUT2D eigenvalue weighted by molar-refractivity contribution is 6.07. The van der Waals surface area contributed by atoms with E-state index in [4.69, 9.17) is 0 Å². The van der Waals surface area contributed by atoms with Gasteiger partial charge in [-0.1, -0.05) is 172 Å². The third kappa shape index (κ3) is 5.26. The molecule has 3 unspecified atom stereocenters. The Morgan fingerprint density at radius 3 is 2.02 bits per heavy atom. The fourth-order valence-corrected chi connectivity index (χ4v) is 10.6. The van der Waals surface area contributed by atoms with Crippen molar-refractivity contribution in [2.45, 2.75) is 69.6 Å². The van der Waals surface area contributed by atoms with Gasteiger partial charge in [0, 0.05) is 11.8 Å². The van der Waals surface area contributed by atoms with Crippen molar-refractivity contribution in [3.05, 3.63) is 208 Å². The van der Waals surface area contributed by atoms with E-state index in [0.717, 1.165) is 6.42 Å². The number of rotatable bonds is 6. The highest BCUT2D eigenvalue weighted by atomic mass is 14.5. The molecule has 7 aromatic rings. The van der Waals surface area contributed by atoms with Gasteiger partial charge in [-0.05, 0) is 133 Å². The number of benzene rings is 7. The number of hydrogen-bond acceptors (Lipinski definition) is 0. The van der Waals surface area contributed by atoms with Crippen molar-refractivity contribution in [1.29, 1.82) is 0 Å². The molecule has 0 spiro atoms. The molecule has 0 heteroatoms. The summed E-state index contributed by atoms with van der Waals surface area (Å²) in [6, 6.07) is 60.3. The minimum Gasteiger partial charge on any atom is -0.0622 e. The highest BCUT2D eigenvalue weighted by Crippen LogP contribution is 2.62. The maximum Gasteiger partial charge on any atom is 0.0139 e. The van der Waals surface area contributed by atoms with Crippen LogP contribution in [0.4, 0.5) is 0 Å². The molecule has 0 aromatic heterocycles. The molecular formula is C53H46. The first-order valence-electron chi connectivity index (χ1n) is 19.9. The van der Waals surface area contributed by atoms with Crippen molar-refractivity contribution >= 4 is 16.3 Å². The Morgan fingerprint density at radius 2 is 1.17 bits per heavy atom. The summed E-state index contributed by atoms with van der Waals surface area (Å²) in [4.78, 5) is 0. The number of fused-ring (bicyclic) bond motifs is 4. The fourth-order valence-electron chi connectivity index (χ4n) is 10.6. The minimum atomic E-state index is 0.286. The minimum absolute atomic E-state index is 0.286. The van der Waals surface area contributed by atoms with Crippen molar-refractivity contribution in [3.8, 4) is 22.3 Å². The molecule has 0 nitrogen and oxygen atoms in total. The first kappa shape index (κ1) is 32.2. The zero-order valence-corrected chi connectivity index (χ0v) is 30.9. The molecule has 0 bridgehead atoms. The lowest BCUT2D eigenvalue weighted by Gasteiger charge is -2.34. The molecule has 0 saturated carbocycles. The summed E-state index contributed by atoms with van der Waals surface area (Å²) in [5, 5.41) is 2.65. The quantitative estimate of drug-likeness (QED) is 0.164. The van der Waals surface area contributed by atoms with Gasteiger partial charge in [0.25, 0.3) is 0 Å². The molecule has 0 N–H and O–H groups in total. The first-order chi connectivity index (χ1) is 26.2. The number of hydrogen-bond donors (Lipinski definition) is 0. The summed E-state index contributed by atoms with van der Waals surface area (Å²) in [7, 11) is 0. The molecule has 7 aromatic carbocycles. The van der Waals surface area contributed by atoms with Crippen LogP contribution in [0.15, 0.2) is 163 Å². The monoisotopic (exact) mass is 682 g/mol. The van der Waals surface area contributed by atoms with Gasteiger partial charge in [-0.3, -0.25) is 0 Å². The van der Waals surface area contributed by atoms with E-state index < -0.39 is 0 Å². The predicted octanol–water partition coefficient (Wildman–Crippen LogP) is 14.0. The molecule has 0 amide bonds. The molecule has 0 fully saturated rings. The molecule has 0 saturated heterocycles. The van der Waals surface area contributed by atoms with Crippen LogP contribution in [-0.2, 0) is 12.8 Å².